The first-order valence-corrected chi connectivity index (χ1v) is 6.01. The van der Waals surface area contributed by atoms with Crippen LogP contribution in [-0.4, -0.2) is 30.1 Å². The molecule has 1 aromatic rings. The molecular formula is C10H14N2O2S. The maximum atomic E-state index is 11.5. The van der Waals surface area contributed by atoms with Crippen LogP contribution in [0.5, 0.6) is 0 Å². The molecule has 2 rings (SSSR count). The number of thiazole rings is 1. The molecule has 0 aromatic carbocycles. The average molecular weight is 226 g/mol. The van der Waals surface area contributed by atoms with E-state index in [1.807, 2.05) is 6.20 Å². The van der Waals surface area contributed by atoms with E-state index in [1.165, 1.54) is 4.88 Å². The Hall–Kier alpha value is -0.940. The third kappa shape index (κ3) is 3.00. The lowest BCUT2D eigenvalue weighted by atomic mass is 10.2. The van der Waals surface area contributed by atoms with Gasteiger partial charge in [-0.2, -0.15) is 0 Å². The topological polar surface area (TPSA) is 51.2 Å². The number of hydrogen-bond donors (Lipinski definition) is 1. The van der Waals surface area contributed by atoms with E-state index in [0.717, 1.165) is 19.3 Å². The van der Waals surface area contributed by atoms with Gasteiger partial charge < -0.3 is 10.1 Å². The number of carbonyl (C=O) groups excluding carboxylic acids is 1. The lowest BCUT2D eigenvalue weighted by molar-refractivity contribution is -0.129. The number of nitrogens with zero attached hydrogens (tertiary/aromatic N) is 1. The van der Waals surface area contributed by atoms with E-state index in [-0.39, 0.29) is 12.0 Å². The number of ether oxygens (including phenoxy) is 1. The highest BCUT2D eigenvalue weighted by molar-refractivity contribution is 7.09. The largest absolute Gasteiger partial charge is 0.368 e. The molecule has 0 saturated carbocycles. The van der Waals surface area contributed by atoms with E-state index in [2.05, 4.69) is 10.3 Å². The van der Waals surface area contributed by atoms with E-state index in [9.17, 15) is 4.79 Å². The van der Waals surface area contributed by atoms with Gasteiger partial charge in [-0.25, -0.2) is 0 Å². The molecule has 1 N–H and O–H groups in total. The van der Waals surface area contributed by atoms with Crippen LogP contribution >= 0.6 is 11.3 Å². The van der Waals surface area contributed by atoms with Gasteiger partial charge in [0.05, 0.1) is 5.51 Å². The predicted molar refractivity (Wildman–Crippen MR) is 57.8 cm³/mol. The summed E-state index contributed by atoms with van der Waals surface area (Å²) in [5.41, 5.74) is 1.80. The standard InChI is InChI=1S/C10H14N2O2S/c13-10(9-2-1-5-14-9)12-4-3-8-6-11-7-15-8/h6-7,9H,1-5H2,(H,12,13). The van der Waals surface area contributed by atoms with Crippen molar-refractivity contribution in [3.8, 4) is 0 Å². The molecule has 1 atom stereocenters. The smallest absolute Gasteiger partial charge is 0.249 e. The second kappa shape index (κ2) is 5.23. The van der Waals surface area contributed by atoms with Crippen LogP contribution in [-0.2, 0) is 16.0 Å². The number of carbonyl (C=O) groups is 1. The maximum Gasteiger partial charge on any atom is 0.249 e. The minimum atomic E-state index is -0.216. The molecule has 1 aliphatic heterocycles. The van der Waals surface area contributed by atoms with Crippen molar-refractivity contribution in [2.45, 2.75) is 25.4 Å². The van der Waals surface area contributed by atoms with Crippen molar-refractivity contribution in [1.29, 1.82) is 0 Å². The fraction of sp³-hybridized carbons (Fsp3) is 0.600. The van der Waals surface area contributed by atoms with Crippen LogP contribution in [0, 0.1) is 0 Å². The van der Waals surface area contributed by atoms with Gasteiger partial charge in [0, 0.05) is 30.6 Å². The minimum Gasteiger partial charge on any atom is -0.368 e. The Bertz CT molecular complexity index is 307. The molecule has 0 aliphatic carbocycles. The van der Waals surface area contributed by atoms with Crippen LogP contribution in [0.25, 0.3) is 0 Å². The third-order valence-electron chi connectivity index (χ3n) is 2.38. The molecule has 0 bridgehead atoms. The molecule has 0 radical (unpaired) electrons. The van der Waals surface area contributed by atoms with E-state index >= 15 is 0 Å². The van der Waals surface area contributed by atoms with Gasteiger partial charge in [-0.3, -0.25) is 9.78 Å². The van der Waals surface area contributed by atoms with Gasteiger partial charge in [0.1, 0.15) is 6.10 Å². The average Bonchev–Trinajstić information content (AvgIpc) is 2.90. The van der Waals surface area contributed by atoms with Crippen LogP contribution in [0.1, 0.15) is 17.7 Å². The van der Waals surface area contributed by atoms with Crippen LogP contribution in [0.4, 0.5) is 0 Å². The van der Waals surface area contributed by atoms with E-state index < -0.39 is 0 Å². The molecule has 82 valence electrons. The highest BCUT2D eigenvalue weighted by atomic mass is 32.1. The van der Waals surface area contributed by atoms with Crippen molar-refractivity contribution in [2.75, 3.05) is 13.2 Å². The molecule has 4 nitrogen and oxygen atoms in total. The van der Waals surface area contributed by atoms with Crippen molar-refractivity contribution >= 4 is 17.2 Å². The fourth-order valence-electron chi connectivity index (χ4n) is 1.57. The van der Waals surface area contributed by atoms with Crippen LogP contribution in [0.2, 0.25) is 0 Å². The Morgan fingerprint density at radius 2 is 2.67 bits per heavy atom. The number of nitrogens with one attached hydrogen (secondary N) is 1. The minimum absolute atomic E-state index is 0.0250. The summed E-state index contributed by atoms with van der Waals surface area (Å²) in [7, 11) is 0. The number of hydrogen-bond acceptors (Lipinski definition) is 4. The quantitative estimate of drug-likeness (QED) is 0.832. The Kier molecular flexibility index (Phi) is 3.69. The van der Waals surface area contributed by atoms with Gasteiger partial charge in [0.25, 0.3) is 0 Å². The van der Waals surface area contributed by atoms with Gasteiger partial charge in [0.2, 0.25) is 5.91 Å². The summed E-state index contributed by atoms with van der Waals surface area (Å²) in [5.74, 6) is 0.0250. The molecule has 1 amide bonds. The highest BCUT2D eigenvalue weighted by Gasteiger charge is 2.22. The van der Waals surface area contributed by atoms with Gasteiger partial charge >= 0.3 is 0 Å². The maximum absolute atomic E-state index is 11.5. The lowest BCUT2D eigenvalue weighted by Crippen LogP contribution is -2.35. The molecule has 0 spiro atoms. The Morgan fingerprint density at radius 3 is 3.33 bits per heavy atom. The molecule has 1 aromatic heterocycles. The van der Waals surface area contributed by atoms with Crippen LogP contribution in [0.3, 0.4) is 0 Å². The van der Waals surface area contributed by atoms with Gasteiger partial charge in [-0.05, 0) is 12.8 Å². The summed E-state index contributed by atoms with van der Waals surface area (Å²) in [5, 5.41) is 2.88. The number of aromatic nitrogens is 1. The first-order chi connectivity index (χ1) is 7.36. The molecule has 1 fully saturated rings. The van der Waals surface area contributed by atoms with Crippen molar-refractivity contribution in [3.05, 3.63) is 16.6 Å². The van der Waals surface area contributed by atoms with Crippen molar-refractivity contribution in [3.63, 3.8) is 0 Å². The first-order valence-electron chi connectivity index (χ1n) is 5.13. The van der Waals surface area contributed by atoms with E-state index in [4.69, 9.17) is 4.74 Å². The SMILES string of the molecule is O=C(NCCc1cncs1)C1CCCO1. The summed E-state index contributed by atoms with van der Waals surface area (Å²) < 4.78 is 5.28. The Balaban J connectivity index is 1.67. The summed E-state index contributed by atoms with van der Waals surface area (Å²) in [6.45, 7) is 1.38. The summed E-state index contributed by atoms with van der Waals surface area (Å²) in [4.78, 5) is 16.7. The molecule has 1 aliphatic rings. The van der Waals surface area contributed by atoms with Crippen LogP contribution in [0.15, 0.2) is 11.7 Å². The molecule has 5 heteroatoms. The molecule has 15 heavy (non-hydrogen) atoms. The molecule has 1 saturated heterocycles. The van der Waals surface area contributed by atoms with Crippen molar-refractivity contribution in [1.82, 2.24) is 10.3 Å². The fourth-order valence-corrected chi connectivity index (χ4v) is 2.17. The van der Waals surface area contributed by atoms with Crippen LogP contribution < -0.4 is 5.32 Å². The molecular weight excluding hydrogens is 212 g/mol. The summed E-state index contributed by atoms with van der Waals surface area (Å²) >= 11 is 1.61. The number of amides is 1. The van der Waals surface area contributed by atoms with E-state index in [0.29, 0.717) is 13.2 Å². The normalized spacial score (nSPS) is 20.4. The van der Waals surface area contributed by atoms with Gasteiger partial charge in [-0.1, -0.05) is 0 Å². The monoisotopic (exact) mass is 226 g/mol. The van der Waals surface area contributed by atoms with Gasteiger partial charge in [-0.15, -0.1) is 11.3 Å². The molecule has 1 unspecified atom stereocenters. The Morgan fingerprint density at radius 1 is 1.73 bits per heavy atom. The second-order valence-electron chi connectivity index (χ2n) is 3.51. The number of rotatable bonds is 4. The predicted octanol–water partition coefficient (Wildman–Crippen LogP) is 0.981. The van der Waals surface area contributed by atoms with Crippen molar-refractivity contribution < 1.29 is 9.53 Å². The molecule has 2 heterocycles. The highest BCUT2D eigenvalue weighted by Crippen LogP contribution is 2.11. The summed E-state index contributed by atoms with van der Waals surface area (Å²) in [6, 6.07) is 0. The van der Waals surface area contributed by atoms with Crippen molar-refractivity contribution in [2.24, 2.45) is 0 Å². The Labute approximate surface area is 92.7 Å². The van der Waals surface area contributed by atoms with Gasteiger partial charge in [0.15, 0.2) is 0 Å². The second-order valence-corrected chi connectivity index (χ2v) is 4.48. The lowest BCUT2D eigenvalue weighted by Gasteiger charge is -2.09. The zero-order valence-electron chi connectivity index (χ0n) is 8.44. The summed E-state index contributed by atoms with van der Waals surface area (Å²) in [6.07, 6.45) is 4.32. The first kappa shape index (κ1) is 10.6. The van der Waals surface area contributed by atoms with E-state index in [1.54, 1.807) is 16.8 Å². The zero-order chi connectivity index (χ0) is 10.5. The third-order valence-corrected chi connectivity index (χ3v) is 3.22. The zero-order valence-corrected chi connectivity index (χ0v) is 9.26.